The van der Waals surface area contributed by atoms with Crippen molar-refractivity contribution in [2.75, 3.05) is 19.2 Å². The molecule has 6 N–H and O–H groups in total. The summed E-state index contributed by atoms with van der Waals surface area (Å²) in [4.78, 5) is 32.9. The van der Waals surface area contributed by atoms with Crippen LogP contribution in [0.5, 0.6) is 11.5 Å². The Bertz CT molecular complexity index is 1550. The number of fused-ring (bicyclic) bond motifs is 1. The summed E-state index contributed by atoms with van der Waals surface area (Å²) in [6.07, 6.45) is 2.84. The second kappa shape index (κ2) is 12.1. The lowest BCUT2D eigenvalue weighted by Gasteiger charge is -2.27. The van der Waals surface area contributed by atoms with Gasteiger partial charge in [-0.05, 0) is 55.0 Å². The van der Waals surface area contributed by atoms with Gasteiger partial charge in [0.2, 0.25) is 0 Å². The van der Waals surface area contributed by atoms with Crippen LogP contribution in [0.4, 0.5) is 5.69 Å². The highest BCUT2D eigenvalue weighted by molar-refractivity contribution is 5.95. The minimum absolute atomic E-state index is 0.0301. The Hall–Kier alpha value is -5.24. The summed E-state index contributed by atoms with van der Waals surface area (Å²) < 4.78 is 18.1. The van der Waals surface area contributed by atoms with Gasteiger partial charge in [0.15, 0.2) is 24.1 Å². The lowest BCUT2D eigenvalue weighted by molar-refractivity contribution is -0.134. The standard InChI is InChI=1S/C24H24N8O4.C2H4O2/c1-13-17-10-15(11-18(34-2)20(17)36-12-35-13)19(29-16-6-4-14(5-7-16)21(25)26)22-30-24(33)32(31-22)23-27-8-3-9-28-23;1-2(3)4/h3-11,13,19,29H,12H2,1-2H3,(H3,25,26)(H,30,31,33);1H3,(H,3,4). The first kappa shape index (κ1) is 27.8. The van der Waals surface area contributed by atoms with Crippen LogP contribution < -0.4 is 26.2 Å². The Morgan fingerprint density at radius 3 is 2.58 bits per heavy atom. The Kier molecular flexibility index (Phi) is 8.39. The predicted molar refractivity (Wildman–Crippen MR) is 144 cm³/mol. The van der Waals surface area contributed by atoms with Crippen LogP contribution in [0.3, 0.4) is 0 Å². The molecule has 1 aliphatic rings. The third-order valence-electron chi connectivity index (χ3n) is 5.78. The number of carbonyl (C=O) groups is 1. The Morgan fingerprint density at radius 2 is 1.95 bits per heavy atom. The van der Waals surface area contributed by atoms with Crippen LogP contribution in [0, 0.1) is 5.41 Å². The first-order valence-corrected chi connectivity index (χ1v) is 12.0. The van der Waals surface area contributed by atoms with Gasteiger partial charge in [-0.15, -0.1) is 9.78 Å². The molecule has 0 amide bonds. The number of nitrogens with one attached hydrogen (secondary N) is 3. The molecule has 14 nitrogen and oxygen atoms in total. The van der Waals surface area contributed by atoms with Gasteiger partial charge in [-0.3, -0.25) is 15.2 Å². The number of nitrogens with two attached hydrogens (primary N) is 1. The van der Waals surface area contributed by atoms with Crippen LogP contribution in [0.25, 0.3) is 5.95 Å². The molecule has 14 heteroatoms. The number of aromatic nitrogens is 5. The van der Waals surface area contributed by atoms with Crippen molar-refractivity contribution in [2.45, 2.75) is 26.0 Å². The first-order chi connectivity index (χ1) is 19.2. The highest BCUT2D eigenvalue weighted by atomic mass is 16.7. The van der Waals surface area contributed by atoms with Gasteiger partial charge in [-0.2, -0.15) is 0 Å². The third-order valence-corrected chi connectivity index (χ3v) is 5.78. The summed E-state index contributed by atoms with van der Waals surface area (Å²) in [5.74, 6) is 0.756. The fraction of sp³-hybridized carbons (Fsp3) is 0.231. The van der Waals surface area contributed by atoms with Crippen molar-refractivity contribution in [3.05, 3.63) is 87.9 Å². The molecule has 2 atom stereocenters. The molecule has 0 saturated carbocycles. The molecule has 5 rings (SSSR count). The van der Waals surface area contributed by atoms with Crippen molar-refractivity contribution < 1.29 is 24.1 Å². The average molecular weight is 549 g/mol. The van der Waals surface area contributed by atoms with E-state index in [1.54, 1.807) is 37.4 Å². The SMILES string of the molecule is CC(=O)O.COc1cc(C(Nc2ccc(C(=N)N)cc2)c2nn(-c3ncccn3)c(=O)[nH]2)cc2c1OCOC2C. The van der Waals surface area contributed by atoms with E-state index in [9.17, 15) is 4.79 Å². The van der Waals surface area contributed by atoms with E-state index in [0.717, 1.165) is 22.7 Å². The number of aliphatic carboxylic acids is 1. The number of amidine groups is 1. The predicted octanol–water partition coefficient (Wildman–Crippen LogP) is 2.36. The first-order valence-electron chi connectivity index (χ1n) is 12.0. The van der Waals surface area contributed by atoms with Gasteiger partial charge in [0.25, 0.3) is 11.9 Å². The highest BCUT2D eigenvalue weighted by Crippen LogP contribution is 2.42. The van der Waals surface area contributed by atoms with E-state index in [4.69, 9.17) is 35.3 Å². The molecule has 208 valence electrons. The van der Waals surface area contributed by atoms with Crippen LogP contribution in [-0.4, -0.2) is 55.5 Å². The number of hydrogen-bond donors (Lipinski definition) is 5. The average Bonchev–Trinajstić information content (AvgIpc) is 3.33. The Labute approximate surface area is 228 Å². The van der Waals surface area contributed by atoms with E-state index in [0.29, 0.717) is 28.6 Å². The largest absolute Gasteiger partial charge is 0.493 e. The smallest absolute Gasteiger partial charge is 0.350 e. The molecule has 1 aliphatic heterocycles. The minimum atomic E-state index is -0.833. The lowest BCUT2D eigenvalue weighted by Crippen LogP contribution is -2.19. The fourth-order valence-corrected chi connectivity index (χ4v) is 3.93. The van der Waals surface area contributed by atoms with Gasteiger partial charge < -0.3 is 30.4 Å². The third kappa shape index (κ3) is 6.24. The molecule has 40 heavy (non-hydrogen) atoms. The zero-order valence-electron chi connectivity index (χ0n) is 21.9. The number of nitrogens with zero attached hydrogens (tertiary/aromatic N) is 4. The van der Waals surface area contributed by atoms with Crippen molar-refractivity contribution in [3.8, 4) is 17.4 Å². The van der Waals surface area contributed by atoms with Crippen LogP contribution in [0.15, 0.2) is 59.7 Å². The van der Waals surface area contributed by atoms with E-state index in [-0.39, 0.29) is 24.7 Å². The summed E-state index contributed by atoms with van der Waals surface area (Å²) >= 11 is 0. The van der Waals surface area contributed by atoms with E-state index < -0.39 is 17.7 Å². The number of aromatic amines is 1. The maximum Gasteiger partial charge on any atom is 0.350 e. The number of benzene rings is 2. The zero-order valence-corrected chi connectivity index (χ0v) is 21.9. The van der Waals surface area contributed by atoms with Gasteiger partial charge in [0, 0.05) is 36.1 Å². The minimum Gasteiger partial charge on any atom is -0.493 e. The highest BCUT2D eigenvalue weighted by Gasteiger charge is 2.28. The van der Waals surface area contributed by atoms with Crippen LogP contribution >= 0.6 is 0 Å². The zero-order chi connectivity index (χ0) is 28.8. The molecule has 0 bridgehead atoms. The molecule has 0 saturated heterocycles. The molecule has 0 radical (unpaired) electrons. The van der Waals surface area contributed by atoms with E-state index in [1.807, 2.05) is 19.1 Å². The molecular weight excluding hydrogens is 520 g/mol. The van der Waals surface area contributed by atoms with Gasteiger partial charge in [0.1, 0.15) is 11.9 Å². The van der Waals surface area contributed by atoms with E-state index >= 15 is 0 Å². The maximum absolute atomic E-state index is 12.8. The number of methoxy groups -OCH3 is 1. The molecule has 4 aromatic rings. The number of carboxylic acid groups (broad SMARTS) is 1. The lowest BCUT2D eigenvalue weighted by atomic mass is 9.98. The monoisotopic (exact) mass is 548 g/mol. The summed E-state index contributed by atoms with van der Waals surface area (Å²) in [6.45, 7) is 3.14. The number of nitrogen functional groups attached to an aromatic ring is 1. The second-order valence-corrected chi connectivity index (χ2v) is 8.58. The molecule has 3 heterocycles. The second-order valence-electron chi connectivity index (χ2n) is 8.58. The number of carboxylic acids is 1. The molecule has 2 unspecified atom stereocenters. The van der Waals surface area contributed by atoms with E-state index in [2.05, 4.69) is 25.4 Å². The number of rotatable bonds is 7. The summed E-state index contributed by atoms with van der Waals surface area (Å²) in [7, 11) is 1.56. The van der Waals surface area contributed by atoms with Crippen molar-refractivity contribution in [1.29, 1.82) is 5.41 Å². The van der Waals surface area contributed by atoms with Crippen LogP contribution in [0.2, 0.25) is 0 Å². The summed E-state index contributed by atoms with van der Waals surface area (Å²) in [5, 5.41) is 22.9. The van der Waals surface area contributed by atoms with Crippen LogP contribution in [-0.2, 0) is 9.53 Å². The number of hydrogen-bond acceptors (Lipinski definition) is 10. The Morgan fingerprint density at radius 1 is 1.27 bits per heavy atom. The van der Waals surface area contributed by atoms with Gasteiger partial charge >= 0.3 is 5.69 Å². The molecule has 2 aromatic heterocycles. The Balaban J connectivity index is 0.000000867. The summed E-state index contributed by atoms with van der Waals surface area (Å²) in [6, 6.07) is 11.9. The van der Waals surface area contributed by atoms with Crippen molar-refractivity contribution in [3.63, 3.8) is 0 Å². The van der Waals surface area contributed by atoms with Crippen LogP contribution in [0.1, 0.15) is 48.5 Å². The fourth-order valence-electron chi connectivity index (χ4n) is 3.93. The van der Waals surface area contributed by atoms with Gasteiger partial charge in [-0.25, -0.2) is 14.8 Å². The molecule has 2 aromatic carbocycles. The molecule has 0 spiro atoms. The number of ether oxygens (including phenoxy) is 3. The molecular formula is C26H28N8O6. The van der Waals surface area contributed by atoms with E-state index in [1.165, 1.54) is 12.4 Å². The van der Waals surface area contributed by atoms with Gasteiger partial charge in [-0.1, -0.05) is 0 Å². The van der Waals surface area contributed by atoms with Crippen molar-refractivity contribution >= 4 is 17.5 Å². The van der Waals surface area contributed by atoms with Gasteiger partial charge in [0.05, 0.1) is 13.2 Å². The normalized spacial score (nSPS) is 14.5. The maximum atomic E-state index is 12.8. The van der Waals surface area contributed by atoms with Crippen molar-refractivity contribution in [2.24, 2.45) is 5.73 Å². The molecule has 0 aliphatic carbocycles. The topological polar surface area (TPSA) is 203 Å². The quantitative estimate of drug-likeness (QED) is 0.167. The molecule has 0 fully saturated rings. The number of H-pyrrole nitrogens is 1. The summed E-state index contributed by atoms with van der Waals surface area (Å²) in [5.41, 5.74) is 7.97. The number of anilines is 1. The van der Waals surface area contributed by atoms with Crippen molar-refractivity contribution in [1.82, 2.24) is 24.7 Å².